The van der Waals surface area contributed by atoms with Crippen molar-refractivity contribution >= 4 is 6.09 Å². The molecule has 0 aromatic heterocycles. The van der Waals surface area contributed by atoms with Crippen LogP contribution < -0.4 is 5.32 Å². The van der Waals surface area contributed by atoms with Crippen molar-refractivity contribution in [2.24, 2.45) is 0 Å². The highest BCUT2D eigenvalue weighted by Crippen LogP contribution is 2.05. The van der Waals surface area contributed by atoms with Gasteiger partial charge >= 0.3 is 6.09 Å². The van der Waals surface area contributed by atoms with Gasteiger partial charge < -0.3 is 9.47 Å². The third-order valence-electron chi connectivity index (χ3n) is 3.04. The minimum atomic E-state index is -0.485. The Labute approximate surface area is 124 Å². The predicted octanol–water partition coefficient (Wildman–Crippen LogP) is 3.13. The van der Waals surface area contributed by atoms with Crippen LogP contribution in [0.15, 0.2) is 60.7 Å². The summed E-state index contributed by atoms with van der Waals surface area (Å²) in [5, 5.41) is 2.70. The molecule has 2 aromatic rings. The summed E-state index contributed by atoms with van der Waals surface area (Å²) < 4.78 is 10.4. The average Bonchev–Trinajstić information content (AvgIpc) is 2.54. The highest BCUT2D eigenvalue weighted by Gasteiger charge is 2.12. The minimum absolute atomic E-state index is 0.244. The van der Waals surface area contributed by atoms with Gasteiger partial charge in [-0.1, -0.05) is 60.7 Å². The van der Waals surface area contributed by atoms with Gasteiger partial charge in [0.05, 0.1) is 0 Å². The summed E-state index contributed by atoms with van der Waals surface area (Å²) in [5.74, 6) is 0. The number of alkyl carbamates (subject to hydrolysis) is 1. The van der Waals surface area contributed by atoms with Crippen molar-refractivity contribution in [2.45, 2.75) is 19.3 Å². The molecule has 0 fully saturated rings. The first-order chi connectivity index (χ1) is 10.3. The normalized spacial score (nSPS) is 11.7. The highest BCUT2D eigenvalue weighted by molar-refractivity contribution is 5.67. The maximum absolute atomic E-state index is 11.8. The van der Waals surface area contributed by atoms with Crippen LogP contribution in [0.25, 0.3) is 0 Å². The van der Waals surface area contributed by atoms with E-state index in [-0.39, 0.29) is 6.61 Å². The Morgan fingerprint density at radius 3 is 2.14 bits per heavy atom. The number of carbonyl (C=O) groups is 1. The van der Waals surface area contributed by atoms with Crippen LogP contribution in [0.3, 0.4) is 0 Å². The second-order valence-corrected chi connectivity index (χ2v) is 4.62. The summed E-state index contributed by atoms with van der Waals surface area (Å²) in [6.45, 7) is 0.244. The van der Waals surface area contributed by atoms with Crippen molar-refractivity contribution in [3.05, 3.63) is 71.8 Å². The number of benzene rings is 2. The minimum Gasteiger partial charge on any atom is -0.445 e. The molecule has 0 bridgehead atoms. The van der Waals surface area contributed by atoms with E-state index in [0.717, 1.165) is 11.1 Å². The highest BCUT2D eigenvalue weighted by atomic mass is 16.6. The van der Waals surface area contributed by atoms with E-state index >= 15 is 0 Å². The standard InChI is InChI=1S/C17H19NO3/c1-20-16(12-14-8-4-2-5-9-14)18-17(19)21-13-15-10-6-3-7-11-15/h2-11,16H,12-13H2,1H3,(H,18,19)/t16-/m0/s1. The van der Waals surface area contributed by atoms with E-state index in [9.17, 15) is 4.79 Å². The molecule has 4 nitrogen and oxygen atoms in total. The molecule has 0 aliphatic carbocycles. The van der Waals surface area contributed by atoms with Crippen LogP contribution >= 0.6 is 0 Å². The van der Waals surface area contributed by atoms with Gasteiger partial charge in [0.25, 0.3) is 0 Å². The maximum atomic E-state index is 11.8. The molecule has 2 rings (SSSR count). The monoisotopic (exact) mass is 285 g/mol. The Morgan fingerprint density at radius 2 is 1.57 bits per heavy atom. The lowest BCUT2D eigenvalue weighted by molar-refractivity contribution is 0.0600. The summed E-state index contributed by atoms with van der Waals surface area (Å²) >= 11 is 0. The molecular weight excluding hydrogens is 266 g/mol. The van der Waals surface area contributed by atoms with E-state index in [1.807, 2.05) is 60.7 Å². The van der Waals surface area contributed by atoms with Crippen LogP contribution in [-0.2, 0) is 22.5 Å². The molecule has 2 aromatic carbocycles. The first-order valence-electron chi connectivity index (χ1n) is 6.82. The van der Waals surface area contributed by atoms with E-state index in [4.69, 9.17) is 9.47 Å². The van der Waals surface area contributed by atoms with E-state index < -0.39 is 12.3 Å². The molecule has 0 aliphatic rings. The second kappa shape index (κ2) is 8.07. The van der Waals surface area contributed by atoms with Crippen molar-refractivity contribution in [3.63, 3.8) is 0 Å². The fourth-order valence-electron chi connectivity index (χ4n) is 1.92. The molecule has 1 N–H and O–H groups in total. The number of carbonyl (C=O) groups excluding carboxylic acids is 1. The fourth-order valence-corrected chi connectivity index (χ4v) is 1.92. The van der Waals surface area contributed by atoms with Gasteiger partial charge in [-0.3, -0.25) is 5.32 Å². The molecule has 1 atom stereocenters. The van der Waals surface area contributed by atoms with E-state index in [1.54, 1.807) is 7.11 Å². The number of ether oxygens (including phenoxy) is 2. The molecule has 4 heteroatoms. The Balaban J connectivity index is 1.80. The predicted molar refractivity (Wildman–Crippen MR) is 80.7 cm³/mol. The molecular formula is C17H19NO3. The molecule has 0 unspecified atom stereocenters. The van der Waals surface area contributed by atoms with Crippen molar-refractivity contribution in [1.29, 1.82) is 0 Å². The Morgan fingerprint density at radius 1 is 1.00 bits per heavy atom. The van der Waals surface area contributed by atoms with Gasteiger partial charge in [-0.15, -0.1) is 0 Å². The molecule has 0 heterocycles. The van der Waals surface area contributed by atoms with Crippen molar-refractivity contribution in [3.8, 4) is 0 Å². The van der Waals surface area contributed by atoms with Crippen molar-refractivity contribution in [2.75, 3.05) is 7.11 Å². The first kappa shape index (κ1) is 15.1. The number of methoxy groups -OCH3 is 1. The number of hydrogen-bond donors (Lipinski definition) is 1. The lowest BCUT2D eigenvalue weighted by Gasteiger charge is -2.17. The SMILES string of the molecule is CO[C@@H](Cc1ccccc1)NC(=O)OCc1ccccc1. The van der Waals surface area contributed by atoms with Gasteiger partial charge in [-0.2, -0.15) is 0 Å². The molecule has 0 saturated heterocycles. The molecule has 0 aliphatic heterocycles. The molecule has 1 amide bonds. The Kier molecular flexibility index (Phi) is 5.79. The smallest absolute Gasteiger partial charge is 0.409 e. The van der Waals surface area contributed by atoms with E-state index in [0.29, 0.717) is 6.42 Å². The Hall–Kier alpha value is -2.33. The van der Waals surface area contributed by atoms with Crippen molar-refractivity contribution < 1.29 is 14.3 Å². The largest absolute Gasteiger partial charge is 0.445 e. The summed E-state index contributed by atoms with van der Waals surface area (Å²) in [6, 6.07) is 19.4. The van der Waals surface area contributed by atoms with Gasteiger partial charge in [0, 0.05) is 13.5 Å². The van der Waals surface area contributed by atoms with Crippen LogP contribution in [0.2, 0.25) is 0 Å². The van der Waals surface area contributed by atoms with E-state index in [2.05, 4.69) is 5.32 Å². The van der Waals surface area contributed by atoms with Crippen LogP contribution in [-0.4, -0.2) is 19.4 Å². The van der Waals surface area contributed by atoms with Gasteiger partial charge in [0.1, 0.15) is 12.8 Å². The summed E-state index contributed by atoms with van der Waals surface area (Å²) in [7, 11) is 1.56. The van der Waals surface area contributed by atoms with Gasteiger partial charge in [-0.25, -0.2) is 4.79 Å². The summed E-state index contributed by atoms with van der Waals surface area (Å²) in [4.78, 5) is 11.8. The van der Waals surface area contributed by atoms with Crippen LogP contribution in [0.5, 0.6) is 0 Å². The molecule has 0 spiro atoms. The van der Waals surface area contributed by atoms with E-state index in [1.165, 1.54) is 0 Å². The fraction of sp³-hybridized carbons (Fsp3) is 0.235. The summed E-state index contributed by atoms with van der Waals surface area (Å²) in [5.41, 5.74) is 2.04. The first-order valence-corrected chi connectivity index (χ1v) is 6.82. The molecule has 0 saturated carbocycles. The zero-order valence-electron chi connectivity index (χ0n) is 12.0. The molecule has 21 heavy (non-hydrogen) atoms. The zero-order valence-corrected chi connectivity index (χ0v) is 12.0. The van der Waals surface area contributed by atoms with Gasteiger partial charge in [-0.05, 0) is 11.1 Å². The quantitative estimate of drug-likeness (QED) is 0.829. The topological polar surface area (TPSA) is 47.6 Å². The van der Waals surface area contributed by atoms with Crippen LogP contribution in [0.4, 0.5) is 4.79 Å². The van der Waals surface area contributed by atoms with Gasteiger partial charge in [0.2, 0.25) is 0 Å². The second-order valence-electron chi connectivity index (χ2n) is 4.62. The van der Waals surface area contributed by atoms with Crippen molar-refractivity contribution in [1.82, 2.24) is 5.32 Å². The van der Waals surface area contributed by atoms with Crippen LogP contribution in [0.1, 0.15) is 11.1 Å². The number of hydrogen-bond acceptors (Lipinski definition) is 3. The third kappa shape index (κ3) is 5.28. The zero-order chi connectivity index (χ0) is 14.9. The number of amides is 1. The lowest BCUT2D eigenvalue weighted by Crippen LogP contribution is -2.38. The number of nitrogens with one attached hydrogen (secondary N) is 1. The average molecular weight is 285 g/mol. The summed E-state index contributed by atoms with van der Waals surface area (Å²) in [6.07, 6.45) is -0.296. The van der Waals surface area contributed by atoms with Gasteiger partial charge in [0.15, 0.2) is 0 Å². The maximum Gasteiger partial charge on any atom is 0.409 e. The van der Waals surface area contributed by atoms with Crippen LogP contribution in [0, 0.1) is 0 Å². The lowest BCUT2D eigenvalue weighted by atomic mass is 10.1. The Bertz CT molecular complexity index is 542. The molecule has 0 radical (unpaired) electrons. The third-order valence-corrected chi connectivity index (χ3v) is 3.04. The molecule has 110 valence electrons. The number of rotatable bonds is 6.